The number of hydrogen-bond acceptors (Lipinski definition) is 10. The van der Waals surface area contributed by atoms with Crippen molar-refractivity contribution in [1.29, 1.82) is 5.26 Å². The minimum absolute atomic E-state index is 0.310. The summed E-state index contributed by atoms with van der Waals surface area (Å²) in [5, 5.41) is 11.5. The third kappa shape index (κ3) is 10.1. The summed E-state index contributed by atoms with van der Waals surface area (Å²) in [6, 6.07) is 0.734. The van der Waals surface area contributed by atoms with Gasteiger partial charge >= 0.3 is 23.9 Å². The molecular weight excluding hydrogens is 376 g/mol. The number of carbonyl (C=O) groups excluding carboxylic acids is 5. The van der Waals surface area contributed by atoms with Gasteiger partial charge in [-0.05, 0) is 0 Å². The first kappa shape index (κ1) is 24.8. The van der Waals surface area contributed by atoms with Gasteiger partial charge in [-0.2, -0.15) is 5.26 Å². The Morgan fingerprint density at radius 3 is 1.71 bits per heavy atom. The maximum absolute atomic E-state index is 11.6. The van der Waals surface area contributed by atoms with Gasteiger partial charge in [0, 0.05) is 34.6 Å². The molecule has 0 saturated heterocycles. The minimum atomic E-state index is -1.46. The number of nitrogens with one attached hydrogen (secondary N) is 1. The number of nitrogens with zero attached hydrogens (tertiary/aromatic N) is 1. The van der Waals surface area contributed by atoms with Crippen LogP contribution in [0, 0.1) is 11.3 Å². The van der Waals surface area contributed by atoms with E-state index in [1.54, 1.807) is 0 Å². The molecule has 0 rings (SSSR count). The van der Waals surface area contributed by atoms with Gasteiger partial charge in [0.15, 0.2) is 18.3 Å². The van der Waals surface area contributed by atoms with Gasteiger partial charge in [0.05, 0.1) is 18.5 Å². The fraction of sp³-hybridized carbons (Fsp3) is 0.647. The molecule has 0 aliphatic rings. The lowest BCUT2D eigenvalue weighted by Gasteiger charge is -2.35. The van der Waals surface area contributed by atoms with Gasteiger partial charge in [0.25, 0.3) is 0 Å². The van der Waals surface area contributed by atoms with Crippen LogP contribution >= 0.6 is 0 Å². The van der Waals surface area contributed by atoms with E-state index < -0.39 is 60.7 Å². The van der Waals surface area contributed by atoms with Crippen LogP contribution in [0.15, 0.2) is 0 Å². The standard InChI is InChI=1S/C17H24N2O9/c1-9(20)19-14(6-7-18)16(27-12(4)23)17(28-13(5)24)15(26-11(3)22)8-25-10(2)21/h14-17H,6,8H2,1-5H3,(H,19,20). The lowest BCUT2D eigenvalue weighted by molar-refractivity contribution is -0.191. The zero-order chi connectivity index (χ0) is 21.9. The van der Waals surface area contributed by atoms with Crippen molar-refractivity contribution in [2.24, 2.45) is 0 Å². The molecule has 0 aliphatic carbocycles. The molecule has 28 heavy (non-hydrogen) atoms. The van der Waals surface area contributed by atoms with Crippen LogP contribution in [-0.2, 0) is 42.9 Å². The maximum Gasteiger partial charge on any atom is 0.303 e. The van der Waals surface area contributed by atoms with Crippen molar-refractivity contribution in [3.63, 3.8) is 0 Å². The monoisotopic (exact) mass is 400 g/mol. The summed E-state index contributed by atoms with van der Waals surface area (Å²) in [4.78, 5) is 57.3. The Labute approximate surface area is 162 Å². The first-order valence-corrected chi connectivity index (χ1v) is 8.27. The van der Waals surface area contributed by atoms with Crippen LogP contribution in [0.25, 0.3) is 0 Å². The van der Waals surface area contributed by atoms with E-state index in [4.69, 9.17) is 24.2 Å². The lowest BCUT2D eigenvalue weighted by Crippen LogP contribution is -2.56. The summed E-state index contributed by atoms with van der Waals surface area (Å²) < 4.78 is 20.3. The summed E-state index contributed by atoms with van der Waals surface area (Å²) in [7, 11) is 0. The summed E-state index contributed by atoms with van der Waals surface area (Å²) in [5.74, 6) is -3.64. The van der Waals surface area contributed by atoms with E-state index in [0.717, 1.165) is 27.7 Å². The molecule has 0 heterocycles. The molecule has 0 aliphatic heterocycles. The number of esters is 4. The predicted molar refractivity (Wildman–Crippen MR) is 91.1 cm³/mol. The SMILES string of the molecule is CC(=O)NC(CC#N)C(OC(C)=O)C(OC(C)=O)C(COC(C)=O)OC(C)=O. The van der Waals surface area contributed by atoms with Crippen molar-refractivity contribution in [2.45, 2.75) is 65.4 Å². The molecule has 1 amide bonds. The fourth-order valence-electron chi connectivity index (χ4n) is 2.33. The van der Waals surface area contributed by atoms with Crippen molar-refractivity contribution in [2.75, 3.05) is 6.61 Å². The highest BCUT2D eigenvalue weighted by molar-refractivity contribution is 5.73. The van der Waals surface area contributed by atoms with Crippen LogP contribution in [0.3, 0.4) is 0 Å². The van der Waals surface area contributed by atoms with Crippen molar-refractivity contribution in [1.82, 2.24) is 5.32 Å². The second-order valence-corrected chi connectivity index (χ2v) is 5.77. The molecule has 1 N–H and O–H groups in total. The number of ether oxygens (including phenoxy) is 4. The Morgan fingerprint density at radius 1 is 0.821 bits per heavy atom. The number of hydrogen-bond donors (Lipinski definition) is 1. The molecule has 0 fully saturated rings. The third-order valence-corrected chi connectivity index (χ3v) is 3.16. The van der Waals surface area contributed by atoms with Crippen LogP contribution in [0.2, 0.25) is 0 Å². The highest BCUT2D eigenvalue weighted by atomic mass is 16.6. The third-order valence-electron chi connectivity index (χ3n) is 3.16. The molecule has 0 radical (unpaired) electrons. The predicted octanol–water partition coefficient (Wildman–Crippen LogP) is -0.237. The van der Waals surface area contributed by atoms with E-state index >= 15 is 0 Å². The summed E-state index contributed by atoms with van der Waals surface area (Å²) in [6.07, 6.45) is -4.53. The molecule has 0 spiro atoms. The molecule has 0 aromatic carbocycles. The van der Waals surface area contributed by atoms with Gasteiger partial charge in [0.1, 0.15) is 6.61 Å². The van der Waals surface area contributed by atoms with Gasteiger partial charge in [-0.15, -0.1) is 0 Å². The second kappa shape index (κ2) is 12.3. The van der Waals surface area contributed by atoms with E-state index in [-0.39, 0.29) is 6.42 Å². The Hall–Kier alpha value is -3.16. The molecule has 156 valence electrons. The average Bonchev–Trinajstić information content (AvgIpc) is 2.53. The van der Waals surface area contributed by atoms with Gasteiger partial charge in [-0.1, -0.05) is 0 Å². The van der Waals surface area contributed by atoms with E-state index in [0.29, 0.717) is 0 Å². The summed E-state index contributed by atoms with van der Waals surface area (Å²) in [5.41, 5.74) is 0. The van der Waals surface area contributed by atoms with E-state index in [2.05, 4.69) is 5.32 Å². The Kier molecular flexibility index (Phi) is 10.9. The van der Waals surface area contributed by atoms with E-state index in [1.807, 2.05) is 6.07 Å². The zero-order valence-electron chi connectivity index (χ0n) is 16.3. The highest BCUT2D eigenvalue weighted by Gasteiger charge is 2.42. The van der Waals surface area contributed by atoms with Gasteiger partial charge < -0.3 is 24.3 Å². The molecule has 0 aromatic heterocycles. The first-order valence-electron chi connectivity index (χ1n) is 8.27. The van der Waals surface area contributed by atoms with E-state index in [9.17, 15) is 24.0 Å². The van der Waals surface area contributed by atoms with Crippen molar-refractivity contribution in [3.8, 4) is 6.07 Å². The second-order valence-electron chi connectivity index (χ2n) is 5.77. The van der Waals surface area contributed by atoms with Crippen LogP contribution in [0.1, 0.15) is 41.0 Å². The largest absolute Gasteiger partial charge is 0.462 e. The van der Waals surface area contributed by atoms with Crippen molar-refractivity contribution < 1.29 is 42.9 Å². The lowest BCUT2D eigenvalue weighted by atomic mass is 9.98. The minimum Gasteiger partial charge on any atom is -0.462 e. The van der Waals surface area contributed by atoms with Crippen LogP contribution in [0.5, 0.6) is 0 Å². The fourth-order valence-corrected chi connectivity index (χ4v) is 2.33. The highest BCUT2D eigenvalue weighted by Crippen LogP contribution is 2.19. The molecule has 11 nitrogen and oxygen atoms in total. The number of amides is 1. The topological polar surface area (TPSA) is 158 Å². The summed E-state index contributed by atoms with van der Waals surface area (Å²) >= 11 is 0. The number of nitriles is 1. The van der Waals surface area contributed by atoms with Crippen LogP contribution in [-0.4, -0.2) is 60.7 Å². The number of rotatable bonds is 10. The Morgan fingerprint density at radius 2 is 1.32 bits per heavy atom. The number of carbonyl (C=O) groups is 5. The summed E-state index contributed by atoms with van der Waals surface area (Å²) in [6.45, 7) is 4.99. The van der Waals surface area contributed by atoms with Crippen LogP contribution < -0.4 is 5.32 Å². The molecule has 11 heteroatoms. The Bertz CT molecular complexity index is 641. The molecule has 0 aromatic rings. The molecular formula is C17H24N2O9. The smallest absolute Gasteiger partial charge is 0.303 e. The van der Waals surface area contributed by atoms with E-state index in [1.165, 1.54) is 6.92 Å². The molecule has 0 saturated carbocycles. The average molecular weight is 400 g/mol. The van der Waals surface area contributed by atoms with Gasteiger partial charge in [-0.3, -0.25) is 24.0 Å². The quantitative estimate of drug-likeness (QED) is 0.383. The maximum atomic E-state index is 11.6. The van der Waals surface area contributed by atoms with Gasteiger partial charge in [-0.25, -0.2) is 0 Å². The first-order chi connectivity index (χ1) is 13.0. The molecule has 0 bridgehead atoms. The Balaban J connectivity index is 6.10. The van der Waals surface area contributed by atoms with Gasteiger partial charge in [0.2, 0.25) is 5.91 Å². The normalized spacial score (nSPS) is 14.3. The van der Waals surface area contributed by atoms with Crippen molar-refractivity contribution >= 4 is 29.8 Å². The molecule has 4 atom stereocenters. The molecule has 4 unspecified atom stereocenters. The van der Waals surface area contributed by atoms with Crippen molar-refractivity contribution in [3.05, 3.63) is 0 Å². The van der Waals surface area contributed by atoms with Crippen LogP contribution in [0.4, 0.5) is 0 Å². The zero-order valence-corrected chi connectivity index (χ0v) is 16.3.